The van der Waals surface area contributed by atoms with Gasteiger partial charge in [0.1, 0.15) is 11.5 Å². The lowest BCUT2D eigenvalue weighted by Gasteiger charge is -2.34. The molecule has 7 heteroatoms. The Morgan fingerprint density at radius 3 is 2.91 bits per heavy atom. The SMILES string of the molecule is CC(=O)c1cnc2n1CCN(C(=O)/C=C/CN1CC(C#N)C1)C2. The normalized spacial score (nSPS) is 18.5. The number of Topliss-reactive ketones (excluding diaryl/α,β-unsaturated/α-hetero) is 1. The third-order valence-corrected chi connectivity index (χ3v) is 4.30. The van der Waals surface area contributed by atoms with Gasteiger partial charge in [-0.2, -0.15) is 5.26 Å². The Kier molecular flexibility index (Phi) is 4.26. The third kappa shape index (κ3) is 3.17. The number of fused-ring (bicyclic) bond motifs is 1. The van der Waals surface area contributed by atoms with Gasteiger partial charge in [-0.3, -0.25) is 14.5 Å². The molecular weight excluding hydrogens is 294 g/mol. The molecule has 2 aliphatic rings. The molecule has 0 radical (unpaired) electrons. The summed E-state index contributed by atoms with van der Waals surface area (Å²) in [7, 11) is 0. The van der Waals surface area contributed by atoms with E-state index in [1.807, 2.05) is 10.6 Å². The minimum atomic E-state index is -0.0408. The molecule has 0 atom stereocenters. The van der Waals surface area contributed by atoms with Crippen molar-refractivity contribution in [3.05, 3.63) is 29.9 Å². The zero-order valence-electron chi connectivity index (χ0n) is 13.1. The van der Waals surface area contributed by atoms with E-state index in [9.17, 15) is 9.59 Å². The van der Waals surface area contributed by atoms with Crippen molar-refractivity contribution in [1.29, 1.82) is 5.26 Å². The number of imidazole rings is 1. The number of carbonyl (C=O) groups is 2. The topological polar surface area (TPSA) is 82.2 Å². The van der Waals surface area contributed by atoms with Crippen LogP contribution in [-0.4, -0.2) is 57.2 Å². The van der Waals surface area contributed by atoms with E-state index < -0.39 is 0 Å². The van der Waals surface area contributed by atoms with E-state index in [2.05, 4.69) is 16.0 Å². The molecule has 2 aliphatic heterocycles. The third-order valence-electron chi connectivity index (χ3n) is 4.30. The average molecular weight is 313 g/mol. The maximum Gasteiger partial charge on any atom is 0.246 e. The van der Waals surface area contributed by atoms with Gasteiger partial charge >= 0.3 is 0 Å². The van der Waals surface area contributed by atoms with E-state index in [0.717, 1.165) is 18.9 Å². The highest BCUT2D eigenvalue weighted by molar-refractivity contribution is 5.92. The Hall–Kier alpha value is -2.46. The standard InChI is InChI=1S/C16H19N5O2/c1-12(22)14-8-18-15-11-20(5-6-21(14)15)16(23)3-2-4-19-9-13(7-17)10-19/h2-3,8,13H,4-6,9-11H2,1H3/b3-2+. The van der Waals surface area contributed by atoms with Gasteiger partial charge in [-0.25, -0.2) is 4.98 Å². The smallest absolute Gasteiger partial charge is 0.246 e. The van der Waals surface area contributed by atoms with Gasteiger partial charge in [0.25, 0.3) is 0 Å². The number of aromatic nitrogens is 2. The van der Waals surface area contributed by atoms with Crippen LogP contribution in [0.1, 0.15) is 23.2 Å². The Morgan fingerprint density at radius 2 is 2.22 bits per heavy atom. The molecule has 0 saturated carbocycles. The molecule has 23 heavy (non-hydrogen) atoms. The first kappa shape index (κ1) is 15.4. The second-order valence-corrected chi connectivity index (χ2v) is 5.97. The van der Waals surface area contributed by atoms with Gasteiger partial charge in [0.05, 0.1) is 24.7 Å². The lowest BCUT2D eigenvalue weighted by molar-refractivity contribution is -0.127. The van der Waals surface area contributed by atoms with Crippen LogP contribution in [0.3, 0.4) is 0 Å². The fraction of sp³-hybridized carbons (Fsp3) is 0.500. The average Bonchev–Trinajstić information content (AvgIpc) is 2.92. The minimum absolute atomic E-state index is 0.00589. The van der Waals surface area contributed by atoms with Gasteiger partial charge in [0.2, 0.25) is 5.91 Å². The van der Waals surface area contributed by atoms with Crippen molar-refractivity contribution >= 4 is 11.7 Å². The molecule has 3 heterocycles. The molecule has 1 saturated heterocycles. The zero-order chi connectivity index (χ0) is 16.4. The van der Waals surface area contributed by atoms with E-state index in [-0.39, 0.29) is 17.6 Å². The molecule has 0 aliphatic carbocycles. The highest BCUT2D eigenvalue weighted by Crippen LogP contribution is 2.16. The van der Waals surface area contributed by atoms with Crippen LogP contribution in [0.25, 0.3) is 0 Å². The molecule has 120 valence electrons. The molecule has 1 fully saturated rings. The second kappa shape index (κ2) is 6.34. The van der Waals surface area contributed by atoms with Crippen LogP contribution in [0.2, 0.25) is 0 Å². The van der Waals surface area contributed by atoms with Gasteiger partial charge in [0.15, 0.2) is 5.78 Å². The highest BCUT2D eigenvalue weighted by Gasteiger charge is 2.25. The van der Waals surface area contributed by atoms with Crippen LogP contribution in [0.5, 0.6) is 0 Å². The number of carbonyl (C=O) groups excluding carboxylic acids is 2. The first-order valence-electron chi connectivity index (χ1n) is 7.71. The predicted octanol–water partition coefficient (Wildman–Crippen LogP) is 0.439. The van der Waals surface area contributed by atoms with Crippen molar-refractivity contribution in [2.45, 2.75) is 20.0 Å². The monoisotopic (exact) mass is 313 g/mol. The summed E-state index contributed by atoms with van der Waals surface area (Å²) in [5.41, 5.74) is 0.604. The summed E-state index contributed by atoms with van der Waals surface area (Å²) in [5.74, 6) is 0.841. The number of rotatable bonds is 4. The molecule has 3 rings (SSSR count). The van der Waals surface area contributed by atoms with Crippen LogP contribution in [0, 0.1) is 17.2 Å². The van der Waals surface area contributed by atoms with Crippen LogP contribution >= 0.6 is 0 Å². The quantitative estimate of drug-likeness (QED) is 0.595. The molecule has 0 bridgehead atoms. The summed E-state index contributed by atoms with van der Waals surface area (Å²) in [4.78, 5) is 31.8. The van der Waals surface area contributed by atoms with Crippen LogP contribution < -0.4 is 0 Å². The summed E-state index contributed by atoms with van der Waals surface area (Å²) in [6.07, 6.45) is 5.01. The van der Waals surface area contributed by atoms with Gasteiger partial charge < -0.3 is 9.47 Å². The summed E-state index contributed by atoms with van der Waals surface area (Å²) >= 11 is 0. The zero-order valence-corrected chi connectivity index (χ0v) is 13.1. The summed E-state index contributed by atoms with van der Waals surface area (Å²) in [5, 5.41) is 8.72. The van der Waals surface area contributed by atoms with Crippen molar-refractivity contribution in [1.82, 2.24) is 19.4 Å². The van der Waals surface area contributed by atoms with Gasteiger partial charge in [-0.1, -0.05) is 6.08 Å². The maximum absolute atomic E-state index is 12.2. The number of nitrogens with zero attached hydrogens (tertiary/aromatic N) is 5. The lowest BCUT2D eigenvalue weighted by Crippen LogP contribution is -2.45. The van der Waals surface area contributed by atoms with Gasteiger partial charge in [-0.05, 0) is 0 Å². The number of ketones is 1. The lowest BCUT2D eigenvalue weighted by atomic mass is 10.0. The largest absolute Gasteiger partial charge is 0.330 e. The van der Waals surface area contributed by atoms with Crippen molar-refractivity contribution in [3.63, 3.8) is 0 Å². The van der Waals surface area contributed by atoms with Crippen molar-refractivity contribution in [3.8, 4) is 6.07 Å². The molecule has 0 N–H and O–H groups in total. The maximum atomic E-state index is 12.2. The summed E-state index contributed by atoms with van der Waals surface area (Å²) < 4.78 is 1.89. The Morgan fingerprint density at radius 1 is 1.43 bits per heavy atom. The highest BCUT2D eigenvalue weighted by atomic mass is 16.2. The van der Waals surface area contributed by atoms with E-state index in [1.54, 1.807) is 17.2 Å². The Bertz CT molecular complexity index is 694. The molecule has 0 spiro atoms. The predicted molar refractivity (Wildman–Crippen MR) is 82.3 cm³/mol. The van der Waals surface area contributed by atoms with E-state index >= 15 is 0 Å². The number of amides is 1. The molecule has 1 aromatic heterocycles. The van der Waals surface area contributed by atoms with Crippen LogP contribution in [-0.2, 0) is 17.9 Å². The minimum Gasteiger partial charge on any atom is -0.330 e. The van der Waals surface area contributed by atoms with E-state index in [4.69, 9.17) is 5.26 Å². The van der Waals surface area contributed by atoms with E-state index in [1.165, 1.54) is 6.92 Å². The Labute approximate surface area is 134 Å². The van der Waals surface area contributed by atoms with Gasteiger partial charge in [0, 0.05) is 45.7 Å². The fourth-order valence-corrected chi connectivity index (χ4v) is 2.94. The number of hydrogen-bond donors (Lipinski definition) is 0. The van der Waals surface area contributed by atoms with Crippen molar-refractivity contribution in [2.75, 3.05) is 26.2 Å². The molecule has 0 unspecified atom stereocenters. The molecule has 7 nitrogen and oxygen atoms in total. The van der Waals surface area contributed by atoms with Crippen molar-refractivity contribution < 1.29 is 9.59 Å². The van der Waals surface area contributed by atoms with Gasteiger partial charge in [-0.15, -0.1) is 0 Å². The van der Waals surface area contributed by atoms with Crippen LogP contribution in [0.4, 0.5) is 0 Å². The summed E-state index contributed by atoms with van der Waals surface area (Å²) in [6.45, 7) is 5.38. The first-order chi connectivity index (χ1) is 11.1. The summed E-state index contributed by atoms with van der Waals surface area (Å²) in [6, 6.07) is 2.23. The van der Waals surface area contributed by atoms with Crippen molar-refractivity contribution in [2.24, 2.45) is 5.92 Å². The molecule has 0 aromatic carbocycles. The van der Waals surface area contributed by atoms with Crippen LogP contribution in [0.15, 0.2) is 18.3 Å². The molecule has 1 aromatic rings. The molecular formula is C16H19N5O2. The number of nitriles is 1. The number of hydrogen-bond acceptors (Lipinski definition) is 5. The fourth-order valence-electron chi connectivity index (χ4n) is 2.94. The Balaban J connectivity index is 1.53. The van der Waals surface area contributed by atoms with E-state index in [0.29, 0.717) is 31.9 Å². The first-order valence-corrected chi connectivity index (χ1v) is 7.71. The second-order valence-electron chi connectivity index (χ2n) is 5.97. The molecule has 1 amide bonds. The number of likely N-dealkylation sites (tertiary alicyclic amines) is 1.